The summed E-state index contributed by atoms with van der Waals surface area (Å²) in [6.45, 7) is 0.840. The summed E-state index contributed by atoms with van der Waals surface area (Å²) in [6.07, 6.45) is 1.43. The van der Waals surface area contributed by atoms with Crippen LogP contribution in [0.4, 0.5) is 14.9 Å². The number of rotatable bonds is 4. The maximum atomic E-state index is 13.7. The third-order valence-corrected chi connectivity index (χ3v) is 4.57. The molecule has 0 spiro atoms. The van der Waals surface area contributed by atoms with Crippen molar-refractivity contribution in [1.82, 2.24) is 4.90 Å². The summed E-state index contributed by atoms with van der Waals surface area (Å²) in [5.41, 5.74) is 0.659. The topological polar surface area (TPSA) is 58.6 Å². The Hall–Kier alpha value is -2.89. The van der Waals surface area contributed by atoms with Crippen LogP contribution in [-0.2, 0) is 0 Å². The van der Waals surface area contributed by atoms with Crippen LogP contribution < -0.4 is 10.1 Å². The summed E-state index contributed by atoms with van der Waals surface area (Å²) >= 11 is 0. The van der Waals surface area contributed by atoms with Crippen molar-refractivity contribution in [3.63, 3.8) is 0 Å². The number of urea groups is 1. The van der Waals surface area contributed by atoms with Crippen molar-refractivity contribution < 1.29 is 18.7 Å². The number of methoxy groups -OCH3 is 1. The summed E-state index contributed by atoms with van der Waals surface area (Å²) in [6, 6.07) is 12.7. The Morgan fingerprint density at radius 1 is 1.15 bits per heavy atom. The highest BCUT2D eigenvalue weighted by molar-refractivity contribution is 6.01. The van der Waals surface area contributed by atoms with Crippen molar-refractivity contribution in [1.29, 1.82) is 0 Å². The molecule has 136 valence electrons. The van der Waals surface area contributed by atoms with Crippen molar-refractivity contribution in [3.8, 4) is 5.75 Å². The highest BCUT2D eigenvalue weighted by Crippen LogP contribution is 2.26. The number of nitrogens with zero attached hydrogens (tertiary/aromatic N) is 1. The van der Waals surface area contributed by atoms with Gasteiger partial charge in [0, 0.05) is 19.0 Å². The van der Waals surface area contributed by atoms with Gasteiger partial charge in [-0.25, -0.2) is 9.18 Å². The Morgan fingerprint density at radius 3 is 2.65 bits per heavy atom. The number of anilines is 1. The van der Waals surface area contributed by atoms with Crippen LogP contribution in [0, 0.1) is 11.7 Å². The first-order chi connectivity index (χ1) is 12.6. The van der Waals surface area contributed by atoms with E-state index in [0.717, 1.165) is 6.42 Å². The Labute approximate surface area is 151 Å². The van der Waals surface area contributed by atoms with Crippen molar-refractivity contribution in [2.24, 2.45) is 5.92 Å². The molecule has 0 unspecified atom stereocenters. The minimum Gasteiger partial charge on any atom is -0.496 e. The number of halogens is 1. The SMILES string of the molecule is COc1ccccc1C(=O)[C@H]1CCCN(C(=O)Nc2ccccc2F)C1. The fourth-order valence-corrected chi connectivity index (χ4v) is 3.20. The molecule has 2 amide bonds. The first-order valence-electron chi connectivity index (χ1n) is 8.58. The van der Waals surface area contributed by atoms with E-state index in [1.54, 1.807) is 35.2 Å². The second-order valence-electron chi connectivity index (χ2n) is 6.26. The number of likely N-dealkylation sites (tertiary alicyclic amines) is 1. The average Bonchev–Trinajstić information content (AvgIpc) is 2.69. The van der Waals surface area contributed by atoms with E-state index in [9.17, 15) is 14.0 Å². The number of benzene rings is 2. The first-order valence-corrected chi connectivity index (χ1v) is 8.58. The zero-order valence-electron chi connectivity index (χ0n) is 14.6. The van der Waals surface area contributed by atoms with Crippen molar-refractivity contribution >= 4 is 17.5 Å². The molecule has 1 aliphatic heterocycles. The van der Waals surface area contributed by atoms with Gasteiger partial charge in [-0.1, -0.05) is 24.3 Å². The summed E-state index contributed by atoms with van der Waals surface area (Å²) in [7, 11) is 1.53. The van der Waals surface area contributed by atoms with E-state index in [1.165, 1.54) is 19.2 Å². The highest BCUT2D eigenvalue weighted by Gasteiger charge is 2.30. The maximum Gasteiger partial charge on any atom is 0.321 e. The van der Waals surface area contributed by atoms with Crippen LogP contribution >= 0.6 is 0 Å². The van der Waals surface area contributed by atoms with Crippen LogP contribution in [0.15, 0.2) is 48.5 Å². The molecule has 1 fully saturated rings. The largest absolute Gasteiger partial charge is 0.496 e. The molecular formula is C20H21FN2O3. The molecule has 2 aromatic carbocycles. The molecule has 1 saturated heterocycles. The van der Waals surface area contributed by atoms with Gasteiger partial charge in [0.25, 0.3) is 0 Å². The van der Waals surface area contributed by atoms with Crippen molar-refractivity contribution in [2.75, 3.05) is 25.5 Å². The van der Waals surface area contributed by atoms with E-state index in [2.05, 4.69) is 5.32 Å². The normalized spacial score (nSPS) is 16.8. The third kappa shape index (κ3) is 3.85. The van der Waals surface area contributed by atoms with Crippen LogP contribution in [0.5, 0.6) is 5.75 Å². The molecule has 3 rings (SSSR count). The molecule has 0 saturated carbocycles. The Kier molecular flexibility index (Phi) is 5.51. The van der Waals surface area contributed by atoms with E-state index in [1.807, 2.05) is 6.07 Å². The molecule has 1 N–H and O–H groups in total. The number of carbonyl (C=O) groups is 2. The van der Waals surface area contributed by atoms with E-state index >= 15 is 0 Å². The van der Waals surface area contributed by atoms with Crippen LogP contribution in [0.25, 0.3) is 0 Å². The molecular weight excluding hydrogens is 335 g/mol. The molecule has 0 radical (unpaired) electrons. The predicted octanol–water partition coefficient (Wildman–Crippen LogP) is 3.96. The van der Waals surface area contributed by atoms with Gasteiger partial charge in [0.2, 0.25) is 0 Å². The summed E-state index contributed by atoms with van der Waals surface area (Å²) < 4.78 is 19.0. The molecule has 1 aliphatic rings. The molecule has 1 heterocycles. The standard InChI is InChI=1S/C20H21FN2O3/c1-26-18-11-5-2-8-15(18)19(24)14-7-6-12-23(13-14)20(25)22-17-10-4-3-9-16(17)21/h2-5,8-11,14H,6-7,12-13H2,1H3,(H,22,25)/t14-/m0/s1. The molecule has 5 nitrogen and oxygen atoms in total. The fraction of sp³-hybridized carbons (Fsp3) is 0.300. The number of carbonyl (C=O) groups excluding carboxylic acids is 2. The number of ether oxygens (including phenoxy) is 1. The molecule has 2 aromatic rings. The Morgan fingerprint density at radius 2 is 1.88 bits per heavy atom. The fourth-order valence-electron chi connectivity index (χ4n) is 3.20. The summed E-state index contributed by atoms with van der Waals surface area (Å²) in [4.78, 5) is 26.9. The lowest BCUT2D eigenvalue weighted by Crippen LogP contribution is -2.44. The van der Waals surface area contributed by atoms with Crippen LogP contribution in [0.1, 0.15) is 23.2 Å². The van der Waals surface area contributed by atoms with Crippen molar-refractivity contribution in [2.45, 2.75) is 12.8 Å². The van der Waals surface area contributed by atoms with Gasteiger partial charge in [0.05, 0.1) is 18.4 Å². The summed E-state index contributed by atoms with van der Waals surface area (Å²) in [5.74, 6) is -0.290. The van der Waals surface area contributed by atoms with Crippen LogP contribution in [0.3, 0.4) is 0 Å². The van der Waals surface area contributed by atoms with Crippen LogP contribution in [0.2, 0.25) is 0 Å². The van der Waals surface area contributed by atoms with E-state index in [-0.39, 0.29) is 17.4 Å². The summed E-state index contributed by atoms with van der Waals surface area (Å²) in [5, 5.41) is 2.58. The lowest BCUT2D eigenvalue weighted by molar-refractivity contribution is 0.0848. The monoisotopic (exact) mass is 356 g/mol. The lowest BCUT2D eigenvalue weighted by Gasteiger charge is -2.32. The number of Topliss-reactive ketones (excluding diaryl/α,β-unsaturated/α-hetero) is 1. The Balaban J connectivity index is 1.70. The lowest BCUT2D eigenvalue weighted by atomic mass is 9.89. The highest BCUT2D eigenvalue weighted by atomic mass is 19.1. The Bertz CT molecular complexity index is 809. The molecule has 1 atom stereocenters. The molecule has 0 bridgehead atoms. The van der Waals surface area contributed by atoms with Crippen molar-refractivity contribution in [3.05, 3.63) is 59.9 Å². The number of ketones is 1. The number of piperidine rings is 1. The maximum absolute atomic E-state index is 13.7. The smallest absolute Gasteiger partial charge is 0.321 e. The molecule has 0 aromatic heterocycles. The average molecular weight is 356 g/mol. The first kappa shape index (κ1) is 17.9. The van der Waals surface area contributed by atoms with Crippen LogP contribution in [-0.4, -0.2) is 36.9 Å². The third-order valence-electron chi connectivity index (χ3n) is 4.57. The minimum absolute atomic E-state index is 0.0363. The number of nitrogens with one attached hydrogen (secondary N) is 1. The second-order valence-corrected chi connectivity index (χ2v) is 6.26. The number of hydrogen-bond donors (Lipinski definition) is 1. The van der Waals surface area contributed by atoms with Gasteiger partial charge in [0.15, 0.2) is 5.78 Å². The number of hydrogen-bond acceptors (Lipinski definition) is 3. The molecule has 26 heavy (non-hydrogen) atoms. The molecule has 0 aliphatic carbocycles. The van der Waals surface area contributed by atoms with Gasteiger partial charge in [0.1, 0.15) is 11.6 Å². The van der Waals surface area contributed by atoms with E-state index in [4.69, 9.17) is 4.74 Å². The van der Waals surface area contributed by atoms with Gasteiger partial charge < -0.3 is 15.0 Å². The van der Waals surface area contributed by atoms with Gasteiger partial charge in [-0.15, -0.1) is 0 Å². The zero-order chi connectivity index (χ0) is 18.5. The zero-order valence-corrected chi connectivity index (χ0v) is 14.6. The predicted molar refractivity (Wildman–Crippen MR) is 97.0 cm³/mol. The van der Waals surface area contributed by atoms with Gasteiger partial charge in [-0.2, -0.15) is 0 Å². The number of para-hydroxylation sites is 2. The number of amides is 2. The quantitative estimate of drug-likeness (QED) is 0.844. The van der Waals surface area contributed by atoms with Gasteiger partial charge >= 0.3 is 6.03 Å². The van der Waals surface area contributed by atoms with Gasteiger partial charge in [-0.3, -0.25) is 4.79 Å². The van der Waals surface area contributed by atoms with E-state index in [0.29, 0.717) is 30.8 Å². The van der Waals surface area contributed by atoms with Gasteiger partial charge in [-0.05, 0) is 37.1 Å². The molecule has 6 heteroatoms. The second kappa shape index (κ2) is 7.99. The van der Waals surface area contributed by atoms with E-state index < -0.39 is 11.8 Å². The minimum atomic E-state index is -0.487.